The van der Waals surface area contributed by atoms with Gasteiger partial charge in [-0.25, -0.2) is 4.39 Å². The second kappa shape index (κ2) is 8.26. The highest BCUT2D eigenvalue weighted by Gasteiger charge is 2.27. The Bertz CT molecular complexity index is 873. The summed E-state index contributed by atoms with van der Waals surface area (Å²) in [7, 11) is 0. The van der Waals surface area contributed by atoms with Gasteiger partial charge >= 0.3 is 0 Å². The molecule has 1 fully saturated rings. The fourth-order valence-electron chi connectivity index (χ4n) is 3.44. The molecule has 0 saturated carbocycles. The first-order valence-corrected chi connectivity index (χ1v) is 9.17. The second-order valence-corrected chi connectivity index (χ2v) is 6.62. The summed E-state index contributed by atoms with van der Waals surface area (Å²) in [6.45, 7) is 3.59. The van der Waals surface area contributed by atoms with Crippen molar-refractivity contribution in [2.24, 2.45) is 0 Å². The average Bonchev–Trinajstić information content (AvgIpc) is 3.44. The number of carbonyl (C=O) groups is 1. The van der Waals surface area contributed by atoms with Crippen molar-refractivity contribution < 1.29 is 18.1 Å². The molecule has 1 amide bonds. The minimum absolute atomic E-state index is 0.0859. The maximum Gasteiger partial charge on any atom is 0.289 e. The zero-order valence-corrected chi connectivity index (χ0v) is 15.3. The first kappa shape index (κ1) is 18.2. The molecule has 1 saturated heterocycles. The molecule has 0 spiro atoms. The summed E-state index contributed by atoms with van der Waals surface area (Å²) in [5.41, 5.74) is 1.01. The predicted molar refractivity (Wildman–Crippen MR) is 100 cm³/mol. The molecule has 1 aliphatic heterocycles. The van der Waals surface area contributed by atoms with Gasteiger partial charge in [-0.05, 0) is 36.4 Å². The molecule has 0 aliphatic carbocycles. The minimum atomic E-state index is -0.306. The lowest BCUT2D eigenvalue weighted by atomic mass is 10.1. The van der Waals surface area contributed by atoms with Crippen molar-refractivity contribution in [1.82, 2.24) is 15.4 Å². The van der Waals surface area contributed by atoms with E-state index in [-0.39, 0.29) is 23.5 Å². The first-order valence-electron chi connectivity index (χ1n) is 9.17. The molecule has 8 heteroatoms. The first-order chi connectivity index (χ1) is 13.7. The number of furan rings is 1. The summed E-state index contributed by atoms with van der Waals surface area (Å²) in [6, 6.07) is 11.8. The molecular weight excluding hydrogens is 363 g/mol. The van der Waals surface area contributed by atoms with E-state index in [2.05, 4.69) is 20.3 Å². The van der Waals surface area contributed by atoms with Gasteiger partial charge in [-0.3, -0.25) is 9.69 Å². The molecule has 1 unspecified atom stereocenters. The number of hydrogen-bond acceptors (Lipinski definition) is 6. The van der Waals surface area contributed by atoms with Crippen LogP contribution in [0.3, 0.4) is 0 Å². The van der Waals surface area contributed by atoms with Crippen LogP contribution in [0.1, 0.15) is 22.4 Å². The van der Waals surface area contributed by atoms with E-state index in [1.807, 2.05) is 12.1 Å². The van der Waals surface area contributed by atoms with Gasteiger partial charge in [-0.1, -0.05) is 5.16 Å². The van der Waals surface area contributed by atoms with Gasteiger partial charge in [0.1, 0.15) is 11.6 Å². The van der Waals surface area contributed by atoms with Gasteiger partial charge in [-0.2, -0.15) is 0 Å². The molecule has 1 aliphatic rings. The Morgan fingerprint density at radius 2 is 1.93 bits per heavy atom. The summed E-state index contributed by atoms with van der Waals surface area (Å²) < 4.78 is 23.7. The van der Waals surface area contributed by atoms with Crippen LogP contribution in [-0.2, 0) is 0 Å². The molecule has 3 heterocycles. The number of nitrogens with one attached hydrogen (secondary N) is 1. The standard InChI is InChI=1S/C20H21FN4O3/c21-15-3-5-16(6-4-15)24-9-11-25(12-10-24)17(18-2-1-13-27-18)14-22-20(26)19-7-8-23-28-19/h1-8,13,17H,9-12,14H2,(H,22,26). The molecule has 4 rings (SSSR count). The predicted octanol–water partition coefficient (Wildman–Crippen LogP) is 2.70. The Hall–Kier alpha value is -3.13. The van der Waals surface area contributed by atoms with E-state index in [0.717, 1.165) is 37.6 Å². The average molecular weight is 384 g/mol. The number of anilines is 1. The van der Waals surface area contributed by atoms with E-state index >= 15 is 0 Å². The smallest absolute Gasteiger partial charge is 0.289 e. The summed E-state index contributed by atoms with van der Waals surface area (Å²) in [6.07, 6.45) is 3.07. The van der Waals surface area contributed by atoms with Gasteiger partial charge in [0, 0.05) is 44.5 Å². The quantitative estimate of drug-likeness (QED) is 0.704. The minimum Gasteiger partial charge on any atom is -0.468 e. The second-order valence-electron chi connectivity index (χ2n) is 6.62. The zero-order valence-electron chi connectivity index (χ0n) is 15.3. The lowest BCUT2D eigenvalue weighted by molar-refractivity contribution is 0.0886. The van der Waals surface area contributed by atoms with Gasteiger partial charge in [0.2, 0.25) is 5.76 Å². The van der Waals surface area contributed by atoms with Crippen molar-refractivity contribution in [3.05, 3.63) is 72.3 Å². The number of aromatic nitrogens is 1. The van der Waals surface area contributed by atoms with Crippen molar-refractivity contribution in [3.8, 4) is 0 Å². The number of hydrogen-bond donors (Lipinski definition) is 1. The highest BCUT2D eigenvalue weighted by Crippen LogP contribution is 2.24. The van der Waals surface area contributed by atoms with Crippen LogP contribution >= 0.6 is 0 Å². The highest BCUT2D eigenvalue weighted by molar-refractivity contribution is 5.91. The fraction of sp³-hybridized carbons (Fsp3) is 0.300. The topological polar surface area (TPSA) is 74.8 Å². The monoisotopic (exact) mass is 384 g/mol. The summed E-state index contributed by atoms with van der Waals surface area (Å²) >= 11 is 0. The highest BCUT2D eigenvalue weighted by atomic mass is 19.1. The number of rotatable bonds is 6. The van der Waals surface area contributed by atoms with E-state index in [9.17, 15) is 9.18 Å². The van der Waals surface area contributed by atoms with Crippen molar-refractivity contribution in [2.75, 3.05) is 37.6 Å². The van der Waals surface area contributed by atoms with Crippen LogP contribution in [0, 0.1) is 5.82 Å². The largest absolute Gasteiger partial charge is 0.468 e. The van der Waals surface area contributed by atoms with Crippen LogP contribution in [0.2, 0.25) is 0 Å². The third-order valence-corrected chi connectivity index (χ3v) is 4.94. The number of piperazine rings is 1. The van der Waals surface area contributed by atoms with E-state index in [4.69, 9.17) is 8.94 Å². The number of halogens is 1. The molecule has 1 N–H and O–H groups in total. The van der Waals surface area contributed by atoms with Gasteiger partial charge in [0.15, 0.2) is 0 Å². The normalized spacial score (nSPS) is 16.1. The molecule has 0 radical (unpaired) electrons. The van der Waals surface area contributed by atoms with Crippen molar-refractivity contribution in [2.45, 2.75) is 6.04 Å². The Balaban J connectivity index is 1.40. The van der Waals surface area contributed by atoms with Gasteiger partial charge < -0.3 is 19.2 Å². The summed E-state index contributed by atoms with van der Waals surface area (Å²) in [5, 5.41) is 6.45. The lowest BCUT2D eigenvalue weighted by Crippen LogP contribution is -2.49. The SMILES string of the molecule is O=C(NCC(c1ccco1)N1CCN(c2ccc(F)cc2)CC1)c1ccno1. The van der Waals surface area contributed by atoms with Gasteiger partial charge in [0.05, 0.1) is 18.5 Å². The van der Waals surface area contributed by atoms with Crippen LogP contribution in [0.4, 0.5) is 10.1 Å². The molecule has 0 bridgehead atoms. The number of amides is 1. The molecular formula is C20H21FN4O3. The lowest BCUT2D eigenvalue weighted by Gasteiger charge is -2.39. The van der Waals surface area contributed by atoms with Crippen molar-refractivity contribution in [3.63, 3.8) is 0 Å². The number of carbonyl (C=O) groups excluding carboxylic acids is 1. The van der Waals surface area contributed by atoms with Crippen molar-refractivity contribution in [1.29, 1.82) is 0 Å². The number of benzene rings is 1. The Morgan fingerprint density at radius 3 is 2.57 bits per heavy atom. The van der Waals surface area contributed by atoms with Gasteiger partial charge in [-0.15, -0.1) is 0 Å². The Morgan fingerprint density at radius 1 is 1.14 bits per heavy atom. The van der Waals surface area contributed by atoms with E-state index in [0.29, 0.717) is 6.54 Å². The van der Waals surface area contributed by atoms with Crippen LogP contribution in [-0.4, -0.2) is 48.7 Å². The van der Waals surface area contributed by atoms with Crippen LogP contribution in [0.5, 0.6) is 0 Å². The summed E-state index contributed by atoms with van der Waals surface area (Å²) in [5.74, 6) is 0.439. The fourth-order valence-corrected chi connectivity index (χ4v) is 3.44. The van der Waals surface area contributed by atoms with Crippen molar-refractivity contribution >= 4 is 11.6 Å². The van der Waals surface area contributed by atoms with Crippen LogP contribution < -0.4 is 10.2 Å². The maximum absolute atomic E-state index is 13.1. The van der Waals surface area contributed by atoms with E-state index in [1.54, 1.807) is 18.4 Å². The third-order valence-electron chi connectivity index (χ3n) is 4.94. The van der Waals surface area contributed by atoms with Crippen LogP contribution in [0.25, 0.3) is 0 Å². The molecule has 1 aromatic carbocycles. The van der Waals surface area contributed by atoms with Gasteiger partial charge in [0.25, 0.3) is 5.91 Å². The Kier molecular flexibility index (Phi) is 5.38. The molecule has 2 aromatic heterocycles. The zero-order chi connectivity index (χ0) is 19.3. The maximum atomic E-state index is 13.1. The Labute approximate surface area is 161 Å². The van der Waals surface area contributed by atoms with E-state index in [1.165, 1.54) is 24.4 Å². The molecule has 7 nitrogen and oxygen atoms in total. The molecule has 1 atom stereocenters. The number of nitrogens with zero attached hydrogens (tertiary/aromatic N) is 3. The third kappa shape index (κ3) is 4.07. The van der Waals surface area contributed by atoms with E-state index < -0.39 is 0 Å². The molecule has 3 aromatic rings. The van der Waals surface area contributed by atoms with Crippen LogP contribution in [0.15, 0.2) is 63.9 Å². The molecule has 146 valence electrons. The summed E-state index contributed by atoms with van der Waals surface area (Å²) in [4.78, 5) is 16.7. The molecule has 28 heavy (non-hydrogen) atoms.